The maximum absolute atomic E-state index is 13.5. The molecule has 0 radical (unpaired) electrons. The van der Waals surface area contributed by atoms with Crippen molar-refractivity contribution in [2.45, 2.75) is 26.2 Å². The number of nitrogens with one attached hydrogen (secondary N) is 1. The molecule has 1 atom stereocenters. The summed E-state index contributed by atoms with van der Waals surface area (Å²) in [7, 11) is 0. The van der Waals surface area contributed by atoms with E-state index < -0.39 is 0 Å². The Morgan fingerprint density at radius 1 is 1.47 bits per heavy atom. The lowest BCUT2D eigenvalue weighted by atomic mass is 9.91. The van der Waals surface area contributed by atoms with Gasteiger partial charge in [-0.05, 0) is 44.0 Å². The lowest BCUT2D eigenvalue weighted by molar-refractivity contribution is 0.453. The fourth-order valence-electron chi connectivity index (χ4n) is 2.29. The minimum Gasteiger partial charge on any atom is -0.507 e. The van der Waals surface area contributed by atoms with Crippen LogP contribution in [-0.2, 0) is 0 Å². The van der Waals surface area contributed by atoms with E-state index >= 15 is 0 Å². The molecule has 1 aromatic rings. The molecule has 0 amide bonds. The van der Waals surface area contributed by atoms with E-state index in [-0.39, 0.29) is 17.5 Å². The van der Waals surface area contributed by atoms with Crippen molar-refractivity contribution >= 4 is 0 Å². The van der Waals surface area contributed by atoms with Crippen molar-refractivity contribution in [3.63, 3.8) is 0 Å². The molecule has 1 aliphatic heterocycles. The topological polar surface area (TPSA) is 32.3 Å². The smallest absolute Gasteiger partial charge is 0.126 e. The van der Waals surface area contributed by atoms with E-state index in [0.717, 1.165) is 25.1 Å². The fourth-order valence-corrected chi connectivity index (χ4v) is 2.29. The Labute approximate surface area is 89.1 Å². The molecule has 1 saturated heterocycles. The van der Waals surface area contributed by atoms with Crippen LogP contribution in [-0.4, -0.2) is 18.2 Å². The Balaban J connectivity index is 2.52. The minimum atomic E-state index is -0.216. The lowest BCUT2D eigenvalue weighted by Gasteiger charge is -2.16. The Morgan fingerprint density at radius 3 is 2.80 bits per heavy atom. The first-order chi connectivity index (χ1) is 7.11. The van der Waals surface area contributed by atoms with Crippen molar-refractivity contribution in [1.82, 2.24) is 5.32 Å². The molecule has 15 heavy (non-hydrogen) atoms. The van der Waals surface area contributed by atoms with E-state index in [1.54, 1.807) is 13.8 Å². The van der Waals surface area contributed by atoms with Gasteiger partial charge in [-0.15, -0.1) is 0 Å². The molecule has 1 unspecified atom stereocenters. The van der Waals surface area contributed by atoms with Crippen LogP contribution >= 0.6 is 0 Å². The maximum Gasteiger partial charge on any atom is 0.126 e. The predicted molar refractivity (Wildman–Crippen MR) is 57.8 cm³/mol. The number of rotatable bonds is 1. The second-order valence-electron chi connectivity index (χ2n) is 4.25. The molecule has 1 heterocycles. The fraction of sp³-hybridized carbons (Fsp3) is 0.500. The van der Waals surface area contributed by atoms with Gasteiger partial charge < -0.3 is 10.4 Å². The normalized spacial score (nSPS) is 20.9. The first-order valence-electron chi connectivity index (χ1n) is 5.30. The van der Waals surface area contributed by atoms with Crippen LogP contribution in [0.2, 0.25) is 0 Å². The van der Waals surface area contributed by atoms with E-state index in [1.165, 1.54) is 6.07 Å². The molecule has 82 valence electrons. The van der Waals surface area contributed by atoms with Crippen molar-refractivity contribution in [2.75, 3.05) is 13.1 Å². The lowest BCUT2D eigenvalue weighted by Crippen LogP contribution is -2.10. The molecule has 1 fully saturated rings. The molecule has 2 N–H and O–H groups in total. The maximum atomic E-state index is 13.5. The van der Waals surface area contributed by atoms with Crippen LogP contribution < -0.4 is 5.32 Å². The monoisotopic (exact) mass is 209 g/mol. The molecule has 1 aromatic carbocycles. The van der Waals surface area contributed by atoms with Crippen molar-refractivity contribution in [1.29, 1.82) is 0 Å². The number of phenols is 1. The molecule has 1 aliphatic rings. The predicted octanol–water partition coefficient (Wildman–Crippen LogP) is 2.23. The SMILES string of the molecule is Cc1cc(F)c(C)c(C2CCNC2)c1O. The van der Waals surface area contributed by atoms with Crippen molar-refractivity contribution in [2.24, 2.45) is 0 Å². The van der Waals surface area contributed by atoms with E-state index in [9.17, 15) is 9.50 Å². The summed E-state index contributed by atoms with van der Waals surface area (Å²) in [5.41, 5.74) is 2.00. The van der Waals surface area contributed by atoms with Crippen molar-refractivity contribution in [3.8, 4) is 5.75 Å². The van der Waals surface area contributed by atoms with Crippen LogP contribution in [0.15, 0.2) is 6.07 Å². The Bertz CT molecular complexity index is 357. The summed E-state index contributed by atoms with van der Waals surface area (Å²) in [6.07, 6.45) is 0.970. The molecule has 0 spiro atoms. The molecule has 0 bridgehead atoms. The number of benzene rings is 1. The van der Waals surface area contributed by atoms with Crippen LogP contribution in [0.1, 0.15) is 29.0 Å². The van der Waals surface area contributed by atoms with E-state index in [4.69, 9.17) is 0 Å². The number of aryl methyl sites for hydroxylation is 1. The molecule has 2 nitrogen and oxygen atoms in total. The Hall–Kier alpha value is -1.09. The van der Waals surface area contributed by atoms with E-state index in [1.807, 2.05) is 0 Å². The number of hydrogen-bond donors (Lipinski definition) is 2. The van der Waals surface area contributed by atoms with Gasteiger partial charge in [0.2, 0.25) is 0 Å². The van der Waals surface area contributed by atoms with Gasteiger partial charge in [0.25, 0.3) is 0 Å². The molecule has 0 aliphatic carbocycles. The second kappa shape index (κ2) is 3.81. The summed E-state index contributed by atoms with van der Waals surface area (Å²) in [6, 6.07) is 1.40. The van der Waals surface area contributed by atoms with Gasteiger partial charge in [0, 0.05) is 18.0 Å². The van der Waals surface area contributed by atoms with Crippen LogP contribution in [0.3, 0.4) is 0 Å². The first kappa shape index (κ1) is 10.4. The van der Waals surface area contributed by atoms with Gasteiger partial charge in [-0.25, -0.2) is 4.39 Å². The van der Waals surface area contributed by atoms with Gasteiger partial charge in [-0.2, -0.15) is 0 Å². The third kappa shape index (κ3) is 1.72. The zero-order chi connectivity index (χ0) is 11.0. The van der Waals surface area contributed by atoms with Crippen molar-refractivity contribution < 1.29 is 9.50 Å². The van der Waals surface area contributed by atoms with Crippen LogP contribution in [0.5, 0.6) is 5.75 Å². The highest BCUT2D eigenvalue weighted by Crippen LogP contribution is 2.36. The van der Waals surface area contributed by atoms with E-state index in [2.05, 4.69) is 5.32 Å². The molecule has 0 aromatic heterocycles. The Kier molecular flexibility index (Phi) is 2.65. The standard InChI is InChI=1S/C12H16FNO/c1-7-5-10(13)8(2)11(12(7)15)9-3-4-14-6-9/h5,9,14-15H,3-4,6H2,1-2H3. The largest absolute Gasteiger partial charge is 0.507 e. The van der Waals surface area contributed by atoms with Gasteiger partial charge in [0.05, 0.1) is 0 Å². The summed E-state index contributed by atoms with van der Waals surface area (Å²) in [4.78, 5) is 0. The average Bonchev–Trinajstić information content (AvgIpc) is 2.69. The summed E-state index contributed by atoms with van der Waals surface area (Å²) in [5.74, 6) is 0.300. The van der Waals surface area contributed by atoms with Gasteiger partial charge in [-0.3, -0.25) is 0 Å². The highest BCUT2D eigenvalue weighted by atomic mass is 19.1. The molecular formula is C12H16FNO. The number of aromatic hydroxyl groups is 1. The number of halogens is 1. The van der Waals surface area contributed by atoms with Crippen LogP contribution in [0.25, 0.3) is 0 Å². The third-order valence-corrected chi connectivity index (χ3v) is 3.20. The van der Waals surface area contributed by atoms with Crippen LogP contribution in [0.4, 0.5) is 4.39 Å². The summed E-state index contributed by atoms with van der Waals surface area (Å²) >= 11 is 0. The van der Waals surface area contributed by atoms with Gasteiger partial charge >= 0.3 is 0 Å². The van der Waals surface area contributed by atoms with Gasteiger partial charge in [0.1, 0.15) is 11.6 Å². The molecule has 0 saturated carbocycles. The van der Waals surface area contributed by atoms with Gasteiger partial charge in [0.15, 0.2) is 0 Å². The first-order valence-corrected chi connectivity index (χ1v) is 5.30. The average molecular weight is 209 g/mol. The summed E-state index contributed by atoms with van der Waals surface area (Å²) < 4.78 is 13.5. The third-order valence-electron chi connectivity index (χ3n) is 3.20. The molecular weight excluding hydrogens is 193 g/mol. The zero-order valence-corrected chi connectivity index (χ0v) is 9.10. The van der Waals surface area contributed by atoms with Crippen LogP contribution in [0, 0.1) is 19.7 Å². The highest BCUT2D eigenvalue weighted by molar-refractivity contribution is 5.47. The molecule has 3 heteroatoms. The highest BCUT2D eigenvalue weighted by Gasteiger charge is 2.24. The number of hydrogen-bond acceptors (Lipinski definition) is 2. The minimum absolute atomic E-state index is 0.216. The quantitative estimate of drug-likeness (QED) is 0.743. The number of phenolic OH excluding ortho intramolecular Hbond substituents is 1. The second-order valence-corrected chi connectivity index (χ2v) is 4.25. The Morgan fingerprint density at radius 2 is 2.20 bits per heavy atom. The van der Waals surface area contributed by atoms with Crippen molar-refractivity contribution in [3.05, 3.63) is 28.6 Å². The molecule has 2 rings (SSSR count). The summed E-state index contributed by atoms with van der Waals surface area (Å²) in [6.45, 7) is 5.25. The summed E-state index contributed by atoms with van der Waals surface area (Å²) in [5, 5.41) is 13.2. The van der Waals surface area contributed by atoms with E-state index in [0.29, 0.717) is 11.1 Å². The van der Waals surface area contributed by atoms with Gasteiger partial charge in [-0.1, -0.05) is 0 Å². The zero-order valence-electron chi connectivity index (χ0n) is 9.10.